The second-order valence-electron chi connectivity index (χ2n) is 4.68. The van der Waals surface area contributed by atoms with Gasteiger partial charge in [0.05, 0.1) is 0 Å². The minimum Gasteiger partial charge on any atom is -0.488 e. The molecule has 16 heavy (non-hydrogen) atoms. The molecule has 1 nitrogen and oxygen atoms in total. The summed E-state index contributed by atoms with van der Waals surface area (Å²) in [5.74, 6) is 0.670. The summed E-state index contributed by atoms with van der Waals surface area (Å²) < 4.78 is 5.68. The molecule has 1 heteroatoms. The summed E-state index contributed by atoms with van der Waals surface area (Å²) in [4.78, 5) is 0. The molecule has 0 rings (SSSR count). The molecule has 0 saturated heterocycles. The van der Waals surface area contributed by atoms with Crippen LogP contribution in [0.3, 0.4) is 0 Å². The van der Waals surface area contributed by atoms with E-state index in [2.05, 4.69) is 26.2 Å². The molecule has 0 amide bonds. The number of rotatable bonds is 6. The summed E-state index contributed by atoms with van der Waals surface area (Å²) in [5, 5.41) is 0. The van der Waals surface area contributed by atoms with Crippen molar-refractivity contribution < 1.29 is 4.74 Å². The van der Waals surface area contributed by atoms with Crippen molar-refractivity contribution in [3.63, 3.8) is 0 Å². The maximum absolute atomic E-state index is 5.68. The van der Waals surface area contributed by atoms with E-state index in [1.165, 1.54) is 0 Å². The fourth-order valence-corrected chi connectivity index (χ4v) is 1.14. The van der Waals surface area contributed by atoms with Gasteiger partial charge in [0.2, 0.25) is 0 Å². The lowest BCUT2D eigenvalue weighted by Crippen LogP contribution is -2.18. The van der Waals surface area contributed by atoms with Crippen molar-refractivity contribution in [2.24, 2.45) is 0 Å². The van der Waals surface area contributed by atoms with Crippen molar-refractivity contribution in [1.82, 2.24) is 0 Å². The Bertz CT molecular complexity index is 287. The molecule has 0 saturated carbocycles. The zero-order chi connectivity index (χ0) is 12.6. The van der Waals surface area contributed by atoms with Crippen LogP contribution in [0.4, 0.5) is 0 Å². The normalized spacial score (nSPS) is 12.9. The molecule has 0 aliphatic carbocycles. The van der Waals surface area contributed by atoms with Gasteiger partial charge in [-0.15, -0.1) is 0 Å². The molecule has 0 radical (unpaired) electrons. The number of unbranched alkanes of at least 4 members (excludes halogenated alkanes) is 1. The van der Waals surface area contributed by atoms with Crippen LogP contribution in [0.2, 0.25) is 0 Å². The van der Waals surface area contributed by atoms with Gasteiger partial charge >= 0.3 is 0 Å². The molecule has 0 aromatic carbocycles. The van der Waals surface area contributed by atoms with Crippen LogP contribution in [0.15, 0.2) is 48.8 Å². The number of allylic oxidation sites excluding steroid dienone is 4. The molecule has 0 bridgehead atoms. The van der Waals surface area contributed by atoms with Crippen LogP contribution in [0.5, 0.6) is 0 Å². The Morgan fingerprint density at radius 2 is 1.94 bits per heavy atom. The van der Waals surface area contributed by atoms with Crippen molar-refractivity contribution in [1.29, 1.82) is 0 Å². The lowest BCUT2D eigenvalue weighted by Gasteiger charge is -2.23. The van der Waals surface area contributed by atoms with Gasteiger partial charge in [0, 0.05) is 5.57 Å². The van der Waals surface area contributed by atoms with Crippen LogP contribution in [0, 0.1) is 0 Å². The zero-order valence-corrected chi connectivity index (χ0v) is 11.0. The maximum atomic E-state index is 5.68. The standard InChI is InChI=1S/C15H24O/c1-7-9-10-11-12-14(8-2)13(3)16-15(4,5)6/h8,10-12H,2-3,7,9H2,1,4-6H3/b11-10-,14-12+. The highest BCUT2D eigenvalue weighted by atomic mass is 16.5. The average molecular weight is 220 g/mol. The van der Waals surface area contributed by atoms with E-state index >= 15 is 0 Å². The summed E-state index contributed by atoms with van der Waals surface area (Å²) in [7, 11) is 0. The van der Waals surface area contributed by atoms with Gasteiger partial charge in [-0.25, -0.2) is 0 Å². The molecule has 0 aliphatic heterocycles. The monoisotopic (exact) mass is 220 g/mol. The molecule has 0 spiro atoms. The molecule has 0 aromatic rings. The highest BCUT2D eigenvalue weighted by Gasteiger charge is 2.13. The Morgan fingerprint density at radius 3 is 2.38 bits per heavy atom. The van der Waals surface area contributed by atoms with E-state index in [4.69, 9.17) is 4.74 Å². The van der Waals surface area contributed by atoms with Gasteiger partial charge in [-0.3, -0.25) is 0 Å². The molecule has 0 N–H and O–H groups in total. The Morgan fingerprint density at radius 1 is 1.31 bits per heavy atom. The first-order chi connectivity index (χ1) is 7.40. The SMILES string of the molecule is C=C/C(=C\C=C/CCC)C(=C)OC(C)(C)C. The van der Waals surface area contributed by atoms with E-state index in [1.807, 2.05) is 32.9 Å². The van der Waals surface area contributed by atoms with Crippen molar-refractivity contribution in [2.75, 3.05) is 0 Å². The summed E-state index contributed by atoms with van der Waals surface area (Å²) in [5.41, 5.74) is 0.717. The molecule has 0 fully saturated rings. The van der Waals surface area contributed by atoms with Crippen LogP contribution >= 0.6 is 0 Å². The minimum atomic E-state index is -0.216. The zero-order valence-electron chi connectivity index (χ0n) is 11.0. The topological polar surface area (TPSA) is 9.23 Å². The van der Waals surface area contributed by atoms with Crippen LogP contribution in [0.1, 0.15) is 40.5 Å². The minimum absolute atomic E-state index is 0.216. The van der Waals surface area contributed by atoms with Crippen molar-refractivity contribution in [3.8, 4) is 0 Å². The molecule has 0 atom stereocenters. The molecule has 90 valence electrons. The predicted octanol–water partition coefficient (Wildman–Crippen LogP) is 4.78. The third-order valence-electron chi connectivity index (χ3n) is 1.84. The van der Waals surface area contributed by atoms with E-state index in [-0.39, 0.29) is 5.60 Å². The smallest absolute Gasteiger partial charge is 0.120 e. The predicted molar refractivity (Wildman–Crippen MR) is 72.3 cm³/mol. The van der Waals surface area contributed by atoms with Gasteiger partial charge in [-0.2, -0.15) is 0 Å². The second-order valence-corrected chi connectivity index (χ2v) is 4.68. The molecule has 0 unspecified atom stereocenters. The second kappa shape index (κ2) is 7.10. The van der Waals surface area contributed by atoms with E-state index < -0.39 is 0 Å². The number of hydrogen-bond acceptors (Lipinski definition) is 1. The first-order valence-electron chi connectivity index (χ1n) is 5.78. The highest BCUT2D eigenvalue weighted by molar-refractivity contribution is 5.36. The number of hydrogen-bond donors (Lipinski definition) is 0. The van der Waals surface area contributed by atoms with Crippen LogP contribution in [-0.4, -0.2) is 5.60 Å². The van der Waals surface area contributed by atoms with Gasteiger partial charge in [0.25, 0.3) is 0 Å². The van der Waals surface area contributed by atoms with Crippen LogP contribution in [-0.2, 0) is 4.74 Å². The Hall–Kier alpha value is -1.24. The summed E-state index contributed by atoms with van der Waals surface area (Å²) in [6.45, 7) is 15.9. The van der Waals surface area contributed by atoms with Gasteiger partial charge in [-0.05, 0) is 27.2 Å². The third kappa shape index (κ3) is 7.10. The quantitative estimate of drug-likeness (QED) is 0.462. The Labute approximate surface area is 100 Å². The molecule has 0 aromatic heterocycles. The van der Waals surface area contributed by atoms with E-state index in [1.54, 1.807) is 6.08 Å². The number of ether oxygens (including phenoxy) is 1. The Balaban J connectivity index is 4.49. The van der Waals surface area contributed by atoms with Gasteiger partial charge in [0.15, 0.2) is 0 Å². The van der Waals surface area contributed by atoms with Gasteiger partial charge < -0.3 is 4.74 Å². The van der Waals surface area contributed by atoms with E-state index in [9.17, 15) is 0 Å². The largest absolute Gasteiger partial charge is 0.488 e. The van der Waals surface area contributed by atoms with Crippen molar-refractivity contribution in [3.05, 3.63) is 48.8 Å². The lowest BCUT2D eigenvalue weighted by atomic mass is 10.1. The van der Waals surface area contributed by atoms with Crippen molar-refractivity contribution in [2.45, 2.75) is 46.1 Å². The van der Waals surface area contributed by atoms with Gasteiger partial charge in [0.1, 0.15) is 11.4 Å². The van der Waals surface area contributed by atoms with Crippen LogP contribution in [0.25, 0.3) is 0 Å². The first-order valence-corrected chi connectivity index (χ1v) is 5.78. The molecular weight excluding hydrogens is 196 g/mol. The first kappa shape index (κ1) is 14.8. The fraction of sp³-hybridized carbons (Fsp3) is 0.467. The van der Waals surface area contributed by atoms with E-state index in [0.29, 0.717) is 5.76 Å². The molecular formula is C15H24O. The molecule has 0 aliphatic rings. The maximum Gasteiger partial charge on any atom is 0.120 e. The fourth-order valence-electron chi connectivity index (χ4n) is 1.14. The summed E-state index contributed by atoms with van der Waals surface area (Å²) in [6, 6.07) is 0. The molecule has 0 heterocycles. The lowest BCUT2D eigenvalue weighted by molar-refractivity contribution is 0.0590. The Kier molecular flexibility index (Phi) is 6.55. The van der Waals surface area contributed by atoms with E-state index in [0.717, 1.165) is 18.4 Å². The van der Waals surface area contributed by atoms with Crippen LogP contribution < -0.4 is 0 Å². The third-order valence-corrected chi connectivity index (χ3v) is 1.84. The van der Waals surface area contributed by atoms with Crippen molar-refractivity contribution >= 4 is 0 Å². The highest BCUT2D eigenvalue weighted by Crippen LogP contribution is 2.19. The van der Waals surface area contributed by atoms with Gasteiger partial charge in [-0.1, -0.05) is 50.8 Å². The average Bonchev–Trinajstić information content (AvgIpc) is 2.15. The summed E-state index contributed by atoms with van der Waals surface area (Å²) in [6.07, 6.45) is 10.2. The summed E-state index contributed by atoms with van der Waals surface area (Å²) >= 11 is 0.